The van der Waals surface area contributed by atoms with E-state index in [1.807, 2.05) is 0 Å². The third-order valence-corrected chi connectivity index (χ3v) is 6.87. The largest absolute Gasteiger partial charge is 0.315 e. The molecular weight excluding hydrogens is 326 g/mol. The number of carbonyl (C=O) groups excluding carboxylic acids is 1. The second-order valence-electron chi connectivity index (χ2n) is 7.08. The molecule has 1 amide bonds. The minimum atomic E-state index is -3.54. The molecule has 3 aliphatic rings. The lowest BCUT2D eigenvalue weighted by Crippen LogP contribution is -2.45. The first-order valence-corrected chi connectivity index (χ1v) is 10.1. The first kappa shape index (κ1) is 16.1. The van der Waals surface area contributed by atoms with Gasteiger partial charge in [-0.3, -0.25) is 4.79 Å². The van der Waals surface area contributed by atoms with Crippen LogP contribution in [0.4, 0.5) is 5.69 Å². The zero-order chi connectivity index (χ0) is 16.9. The van der Waals surface area contributed by atoms with Crippen LogP contribution in [0.1, 0.15) is 31.2 Å². The topological polar surface area (TPSA) is 69.7 Å². The number of amides is 1. The number of nitrogens with zero attached hydrogens (tertiary/aromatic N) is 2. The van der Waals surface area contributed by atoms with E-state index in [9.17, 15) is 13.2 Å². The molecule has 2 heterocycles. The van der Waals surface area contributed by atoms with Crippen molar-refractivity contribution >= 4 is 21.6 Å². The molecule has 6 nitrogen and oxygen atoms in total. The second kappa shape index (κ2) is 5.82. The fourth-order valence-corrected chi connectivity index (χ4v) is 5.08. The van der Waals surface area contributed by atoms with Crippen LogP contribution >= 0.6 is 0 Å². The fraction of sp³-hybridized carbons (Fsp3) is 0.588. The SMILES string of the molecule is CN1C(=O)Cc2cc(S(=O)(=O)NC3CCN(C4CC4)CC3)ccc21. The Morgan fingerprint density at radius 1 is 1.12 bits per heavy atom. The number of carbonyl (C=O) groups is 1. The molecule has 2 aliphatic heterocycles. The van der Waals surface area contributed by atoms with E-state index in [0.717, 1.165) is 43.2 Å². The number of rotatable bonds is 4. The lowest BCUT2D eigenvalue weighted by atomic mass is 10.1. The van der Waals surface area contributed by atoms with Crippen LogP contribution in [0, 0.1) is 0 Å². The Morgan fingerprint density at radius 3 is 2.50 bits per heavy atom. The summed E-state index contributed by atoms with van der Waals surface area (Å²) in [5, 5.41) is 0. The number of piperidine rings is 1. The zero-order valence-corrected chi connectivity index (χ0v) is 14.7. The third kappa shape index (κ3) is 2.96. The number of likely N-dealkylation sites (tertiary alicyclic amines) is 1. The molecule has 0 spiro atoms. The maximum Gasteiger partial charge on any atom is 0.240 e. The number of anilines is 1. The van der Waals surface area contributed by atoms with Gasteiger partial charge >= 0.3 is 0 Å². The number of fused-ring (bicyclic) bond motifs is 1. The number of sulfonamides is 1. The van der Waals surface area contributed by atoms with Gasteiger partial charge in [0, 0.05) is 24.8 Å². The molecule has 0 bridgehead atoms. The molecule has 1 saturated heterocycles. The molecule has 2 fully saturated rings. The predicted molar refractivity (Wildman–Crippen MR) is 91.5 cm³/mol. The number of benzene rings is 1. The molecule has 0 atom stereocenters. The van der Waals surface area contributed by atoms with Gasteiger partial charge in [0.25, 0.3) is 0 Å². The van der Waals surface area contributed by atoms with Gasteiger partial charge in [-0.2, -0.15) is 0 Å². The molecule has 1 aromatic carbocycles. The predicted octanol–water partition coefficient (Wildman–Crippen LogP) is 1.11. The summed E-state index contributed by atoms with van der Waals surface area (Å²) in [7, 11) is -1.82. The highest BCUT2D eigenvalue weighted by Gasteiger charge is 2.33. The average Bonchev–Trinajstić information content (AvgIpc) is 3.35. The van der Waals surface area contributed by atoms with Crippen molar-refractivity contribution in [3.63, 3.8) is 0 Å². The van der Waals surface area contributed by atoms with Gasteiger partial charge in [0.2, 0.25) is 15.9 Å². The number of likely N-dealkylation sites (N-methyl/N-ethyl adjacent to an activating group) is 1. The van der Waals surface area contributed by atoms with E-state index in [2.05, 4.69) is 9.62 Å². The van der Waals surface area contributed by atoms with Crippen LogP contribution < -0.4 is 9.62 Å². The lowest BCUT2D eigenvalue weighted by molar-refractivity contribution is -0.117. The third-order valence-electron chi connectivity index (χ3n) is 5.35. The summed E-state index contributed by atoms with van der Waals surface area (Å²) >= 11 is 0. The summed E-state index contributed by atoms with van der Waals surface area (Å²) < 4.78 is 28.2. The fourth-order valence-electron chi connectivity index (χ4n) is 3.72. The summed E-state index contributed by atoms with van der Waals surface area (Å²) in [6.45, 7) is 1.95. The molecular formula is C17H23N3O3S. The standard InChI is InChI=1S/C17H23N3O3S/c1-19-16-5-4-15(10-12(16)11-17(19)21)24(22,23)18-13-6-8-20(9-7-13)14-2-3-14/h4-5,10,13-14,18H,2-3,6-9,11H2,1H3. The van der Waals surface area contributed by atoms with E-state index in [1.54, 1.807) is 30.1 Å². The lowest BCUT2D eigenvalue weighted by Gasteiger charge is -2.32. The maximum atomic E-state index is 12.7. The number of hydrogen-bond donors (Lipinski definition) is 1. The summed E-state index contributed by atoms with van der Waals surface area (Å²) in [5.41, 5.74) is 1.59. The van der Waals surface area contributed by atoms with E-state index in [0.29, 0.717) is 0 Å². The Kier molecular flexibility index (Phi) is 3.89. The van der Waals surface area contributed by atoms with Gasteiger partial charge in [0.15, 0.2) is 0 Å². The minimum absolute atomic E-state index is 0.0000416. The summed E-state index contributed by atoms with van der Waals surface area (Å²) in [5.74, 6) is -0.0000416. The number of hydrogen-bond acceptors (Lipinski definition) is 4. The van der Waals surface area contributed by atoms with Crippen molar-refractivity contribution in [3.8, 4) is 0 Å². The Labute approximate surface area is 142 Å². The van der Waals surface area contributed by atoms with E-state index < -0.39 is 10.0 Å². The first-order chi connectivity index (χ1) is 11.4. The van der Waals surface area contributed by atoms with Crippen molar-refractivity contribution < 1.29 is 13.2 Å². The number of nitrogens with one attached hydrogen (secondary N) is 1. The van der Waals surface area contributed by atoms with Crippen molar-refractivity contribution in [2.24, 2.45) is 0 Å². The molecule has 0 unspecified atom stereocenters. The van der Waals surface area contributed by atoms with Crippen LogP contribution in [0.2, 0.25) is 0 Å². The van der Waals surface area contributed by atoms with Gasteiger partial charge < -0.3 is 9.80 Å². The van der Waals surface area contributed by atoms with E-state index in [4.69, 9.17) is 0 Å². The smallest absolute Gasteiger partial charge is 0.240 e. The van der Waals surface area contributed by atoms with Crippen molar-refractivity contribution in [2.75, 3.05) is 25.0 Å². The Morgan fingerprint density at radius 2 is 1.83 bits per heavy atom. The Bertz CT molecular complexity index is 765. The van der Waals surface area contributed by atoms with Crippen LogP contribution in [-0.4, -0.2) is 51.4 Å². The summed E-state index contributed by atoms with van der Waals surface area (Å²) in [6.07, 6.45) is 4.58. The van der Waals surface area contributed by atoms with Crippen molar-refractivity contribution in [1.29, 1.82) is 0 Å². The second-order valence-corrected chi connectivity index (χ2v) is 8.80. The molecule has 0 aromatic heterocycles. The van der Waals surface area contributed by atoms with Crippen LogP contribution in [0.15, 0.2) is 23.1 Å². The summed E-state index contributed by atoms with van der Waals surface area (Å²) in [4.78, 5) is 16.1. The highest BCUT2D eigenvalue weighted by Crippen LogP contribution is 2.31. The first-order valence-electron chi connectivity index (χ1n) is 8.60. The van der Waals surface area contributed by atoms with Crippen molar-refractivity contribution in [1.82, 2.24) is 9.62 Å². The molecule has 0 radical (unpaired) electrons. The Hall–Kier alpha value is -1.44. The average molecular weight is 349 g/mol. The van der Waals surface area contributed by atoms with Gasteiger partial charge in [-0.25, -0.2) is 13.1 Å². The van der Waals surface area contributed by atoms with E-state index >= 15 is 0 Å². The Balaban J connectivity index is 1.45. The van der Waals surface area contributed by atoms with Gasteiger partial charge in [0.1, 0.15) is 0 Å². The van der Waals surface area contributed by atoms with E-state index in [1.165, 1.54) is 12.8 Å². The summed E-state index contributed by atoms with van der Waals surface area (Å²) in [6, 6.07) is 5.70. The van der Waals surface area contributed by atoms with Gasteiger partial charge in [0.05, 0.1) is 11.3 Å². The van der Waals surface area contributed by atoms with Crippen LogP contribution in [-0.2, 0) is 21.2 Å². The molecule has 4 rings (SSSR count). The minimum Gasteiger partial charge on any atom is -0.315 e. The van der Waals surface area contributed by atoms with Crippen molar-refractivity contribution in [2.45, 2.75) is 49.1 Å². The van der Waals surface area contributed by atoms with Crippen LogP contribution in [0.3, 0.4) is 0 Å². The molecule has 7 heteroatoms. The molecule has 1 N–H and O–H groups in total. The monoisotopic (exact) mass is 349 g/mol. The maximum absolute atomic E-state index is 12.7. The highest BCUT2D eigenvalue weighted by atomic mass is 32.2. The van der Waals surface area contributed by atoms with Gasteiger partial charge in [-0.1, -0.05) is 0 Å². The molecule has 1 saturated carbocycles. The molecule has 1 aliphatic carbocycles. The quantitative estimate of drug-likeness (QED) is 0.884. The molecule has 130 valence electrons. The normalized spacial score (nSPS) is 22.9. The van der Waals surface area contributed by atoms with Crippen molar-refractivity contribution in [3.05, 3.63) is 23.8 Å². The van der Waals surface area contributed by atoms with Crippen LogP contribution in [0.25, 0.3) is 0 Å². The molecule has 1 aromatic rings. The van der Waals surface area contributed by atoms with Crippen LogP contribution in [0.5, 0.6) is 0 Å². The molecule has 24 heavy (non-hydrogen) atoms. The van der Waals surface area contributed by atoms with E-state index in [-0.39, 0.29) is 23.3 Å². The van der Waals surface area contributed by atoms with Gasteiger partial charge in [-0.15, -0.1) is 0 Å². The highest BCUT2D eigenvalue weighted by molar-refractivity contribution is 7.89. The zero-order valence-electron chi connectivity index (χ0n) is 13.9. The van der Waals surface area contributed by atoms with Gasteiger partial charge in [-0.05, 0) is 62.5 Å².